The highest BCUT2D eigenvalue weighted by atomic mass is 79.9. The summed E-state index contributed by atoms with van der Waals surface area (Å²) < 4.78 is 1.08. The highest BCUT2D eigenvalue weighted by Crippen LogP contribution is 2.28. The van der Waals surface area contributed by atoms with Crippen LogP contribution in [0.15, 0.2) is 76.6 Å². The van der Waals surface area contributed by atoms with Gasteiger partial charge in [-0.25, -0.2) is 0 Å². The molecule has 0 bridgehead atoms. The minimum Gasteiger partial charge on any atom is -0.340 e. The molecule has 1 aromatic heterocycles. The van der Waals surface area contributed by atoms with Gasteiger partial charge in [0.2, 0.25) is 5.91 Å². The molecule has 1 amide bonds. The van der Waals surface area contributed by atoms with E-state index in [-0.39, 0.29) is 11.8 Å². The smallest absolute Gasteiger partial charge is 0.234 e. The van der Waals surface area contributed by atoms with Gasteiger partial charge in [0.05, 0.1) is 16.2 Å². The molecule has 0 fully saturated rings. The molecule has 2 nitrogen and oxygen atoms in total. The van der Waals surface area contributed by atoms with Gasteiger partial charge in [0.1, 0.15) is 0 Å². The van der Waals surface area contributed by atoms with E-state index in [9.17, 15) is 4.79 Å². The molecule has 3 aromatic rings. The summed E-state index contributed by atoms with van der Waals surface area (Å²) in [6.45, 7) is 0.616. The Labute approximate surface area is 154 Å². The summed E-state index contributed by atoms with van der Waals surface area (Å²) >= 11 is 5.14. The van der Waals surface area contributed by atoms with E-state index in [1.807, 2.05) is 78.7 Å². The zero-order valence-electron chi connectivity index (χ0n) is 13.4. The fourth-order valence-electron chi connectivity index (χ4n) is 2.74. The summed E-state index contributed by atoms with van der Waals surface area (Å²) in [6.07, 6.45) is 0. The van der Waals surface area contributed by atoms with Crippen LogP contribution in [0.5, 0.6) is 0 Å². The molecule has 0 atom stereocenters. The van der Waals surface area contributed by atoms with Gasteiger partial charge >= 0.3 is 0 Å². The van der Waals surface area contributed by atoms with Gasteiger partial charge in [-0.1, -0.05) is 60.7 Å². The van der Waals surface area contributed by atoms with Crippen LogP contribution < -0.4 is 0 Å². The van der Waals surface area contributed by atoms with E-state index in [1.165, 1.54) is 0 Å². The Hall–Kier alpha value is -1.91. The van der Waals surface area contributed by atoms with Crippen molar-refractivity contribution in [2.45, 2.75) is 12.5 Å². The molecule has 1 heterocycles. The molecule has 24 heavy (non-hydrogen) atoms. The summed E-state index contributed by atoms with van der Waals surface area (Å²) in [5, 5.41) is 0. The molecule has 0 aliphatic rings. The molecule has 0 N–H and O–H groups in total. The Morgan fingerprint density at radius 1 is 0.958 bits per heavy atom. The van der Waals surface area contributed by atoms with Crippen LogP contribution >= 0.6 is 27.3 Å². The molecule has 3 rings (SSSR count). The summed E-state index contributed by atoms with van der Waals surface area (Å²) in [6, 6.07) is 24.0. The van der Waals surface area contributed by atoms with Crippen LogP contribution in [0.1, 0.15) is 21.9 Å². The minimum atomic E-state index is -0.277. The van der Waals surface area contributed by atoms with Crippen molar-refractivity contribution >= 4 is 33.2 Å². The highest BCUT2D eigenvalue weighted by Gasteiger charge is 2.25. The molecule has 0 radical (unpaired) electrons. The normalized spacial score (nSPS) is 10.8. The van der Waals surface area contributed by atoms with E-state index in [2.05, 4.69) is 22.0 Å². The second kappa shape index (κ2) is 7.77. The summed E-state index contributed by atoms with van der Waals surface area (Å²) in [7, 11) is 1.87. The van der Waals surface area contributed by atoms with E-state index in [0.717, 1.165) is 19.8 Å². The second-order valence-electron chi connectivity index (χ2n) is 5.65. The minimum absolute atomic E-state index is 0.108. The van der Waals surface area contributed by atoms with Gasteiger partial charge in [-0.15, -0.1) is 11.3 Å². The fraction of sp³-hybridized carbons (Fsp3) is 0.150. The number of carbonyl (C=O) groups is 1. The quantitative estimate of drug-likeness (QED) is 0.569. The maximum Gasteiger partial charge on any atom is 0.234 e. The predicted molar refractivity (Wildman–Crippen MR) is 103 cm³/mol. The number of benzene rings is 2. The van der Waals surface area contributed by atoms with Crippen molar-refractivity contribution in [2.75, 3.05) is 7.05 Å². The van der Waals surface area contributed by atoms with Crippen molar-refractivity contribution in [3.63, 3.8) is 0 Å². The van der Waals surface area contributed by atoms with Crippen molar-refractivity contribution in [3.8, 4) is 0 Å². The summed E-state index contributed by atoms with van der Waals surface area (Å²) in [5.74, 6) is -0.169. The zero-order valence-corrected chi connectivity index (χ0v) is 15.8. The molecule has 0 spiro atoms. The lowest BCUT2D eigenvalue weighted by Gasteiger charge is -2.24. The number of carbonyl (C=O) groups excluding carboxylic acids is 1. The first kappa shape index (κ1) is 16.9. The number of likely N-dealkylation sites (N-methyl/N-ethyl adjacent to an activating group) is 1. The first-order valence-corrected chi connectivity index (χ1v) is 9.35. The van der Waals surface area contributed by atoms with Crippen molar-refractivity contribution < 1.29 is 4.79 Å². The Bertz CT molecular complexity index is 761. The van der Waals surface area contributed by atoms with Crippen LogP contribution in [0.3, 0.4) is 0 Å². The molecule has 0 aliphatic carbocycles. The molecular formula is C20H18BrNOS. The molecule has 0 saturated heterocycles. The number of hydrogen-bond acceptors (Lipinski definition) is 2. The molecule has 0 unspecified atom stereocenters. The SMILES string of the molecule is CN(Cc1ccc(Br)s1)C(=O)C(c1ccccc1)c1ccccc1. The molecule has 122 valence electrons. The Morgan fingerprint density at radius 3 is 1.96 bits per heavy atom. The lowest BCUT2D eigenvalue weighted by atomic mass is 9.90. The third-order valence-electron chi connectivity index (χ3n) is 3.91. The van der Waals surface area contributed by atoms with E-state index < -0.39 is 0 Å². The highest BCUT2D eigenvalue weighted by molar-refractivity contribution is 9.11. The first-order chi connectivity index (χ1) is 11.6. The number of thiophene rings is 1. The number of halogens is 1. The molecular weight excluding hydrogens is 382 g/mol. The third kappa shape index (κ3) is 3.94. The van der Waals surface area contributed by atoms with Gasteiger partial charge < -0.3 is 4.90 Å². The summed E-state index contributed by atoms with van der Waals surface area (Å²) in [4.78, 5) is 16.1. The topological polar surface area (TPSA) is 20.3 Å². The van der Waals surface area contributed by atoms with Crippen molar-refractivity contribution in [2.24, 2.45) is 0 Å². The average Bonchev–Trinajstić information content (AvgIpc) is 3.02. The van der Waals surface area contributed by atoms with Gasteiger partial charge in [0.25, 0.3) is 0 Å². The Kier molecular flexibility index (Phi) is 5.48. The van der Waals surface area contributed by atoms with E-state index in [4.69, 9.17) is 0 Å². The largest absolute Gasteiger partial charge is 0.340 e. The van der Waals surface area contributed by atoms with Gasteiger partial charge in [0, 0.05) is 11.9 Å². The Balaban J connectivity index is 1.89. The van der Waals surface area contributed by atoms with Crippen molar-refractivity contribution in [1.29, 1.82) is 0 Å². The molecule has 0 saturated carbocycles. The number of nitrogens with zero attached hydrogens (tertiary/aromatic N) is 1. The number of rotatable bonds is 5. The monoisotopic (exact) mass is 399 g/mol. The number of hydrogen-bond donors (Lipinski definition) is 0. The van der Waals surface area contributed by atoms with Crippen LogP contribution in [0.25, 0.3) is 0 Å². The molecule has 0 aliphatic heterocycles. The molecule has 2 aromatic carbocycles. The van der Waals surface area contributed by atoms with E-state index in [1.54, 1.807) is 11.3 Å². The zero-order chi connectivity index (χ0) is 16.9. The van der Waals surface area contributed by atoms with Crippen LogP contribution in [0.2, 0.25) is 0 Å². The van der Waals surface area contributed by atoms with Gasteiger partial charge in [0.15, 0.2) is 0 Å². The van der Waals surface area contributed by atoms with E-state index >= 15 is 0 Å². The number of amides is 1. The van der Waals surface area contributed by atoms with Gasteiger partial charge in [-0.2, -0.15) is 0 Å². The maximum absolute atomic E-state index is 13.2. The standard InChI is InChI=1S/C20H18BrNOS/c1-22(14-17-12-13-18(21)24-17)20(23)19(15-8-4-2-5-9-15)16-10-6-3-7-11-16/h2-13,19H,14H2,1H3. The van der Waals surface area contributed by atoms with Crippen molar-refractivity contribution in [3.05, 3.63) is 92.6 Å². The van der Waals surface area contributed by atoms with Crippen LogP contribution in [-0.4, -0.2) is 17.9 Å². The third-order valence-corrected chi connectivity index (χ3v) is 5.52. The van der Waals surface area contributed by atoms with Gasteiger partial charge in [-0.05, 0) is 39.2 Å². The van der Waals surface area contributed by atoms with E-state index in [0.29, 0.717) is 6.54 Å². The average molecular weight is 400 g/mol. The predicted octanol–water partition coefficient (Wildman–Crippen LogP) is 5.30. The fourth-order valence-corrected chi connectivity index (χ4v) is 4.27. The van der Waals surface area contributed by atoms with Crippen LogP contribution in [0.4, 0.5) is 0 Å². The lowest BCUT2D eigenvalue weighted by molar-refractivity contribution is -0.131. The Morgan fingerprint density at radius 2 is 1.50 bits per heavy atom. The second-order valence-corrected chi connectivity index (χ2v) is 8.20. The first-order valence-electron chi connectivity index (χ1n) is 7.74. The van der Waals surface area contributed by atoms with Crippen LogP contribution in [0, 0.1) is 0 Å². The molecule has 4 heteroatoms. The lowest BCUT2D eigenvalue weighted by Crippen LogP contribution is -2.31. The van der Waals surface area contributed by atoms with Crippen LogP contribution in [-0.2, 0) is 11.3 Å². The summed E-state index contributed by atoms with van der Waals surface area (Å²) in [5.41, 5.74) is 2.04. The van der Waals surface area contributed by atoms with Gasteiger partial charge in [-0.3, -0.25) is 4.79 Å². The maximum atomic E-state index is 13.2. The van der Waals surface area contributed by atoms with Crippen molar-refractivity contribution in [1.82, 2.24) is 4.90 Å².